The van der Waals surface area contributed by atoms with E-state index >= 15 is 0 Å². The molecule has 5 nitrogen and oxygen atoms in total. The molecule has 0 aromatic heterocycles. The molecule has 3 atom stereocenters. The summed E-state index contributed by atoms with van der Waals surface area (Å²) in [6, 6.07) is -0.448. The second kappa shape index (κ2) is 5.12. The highest BCUT2D eigenvalue weighted by Gasteiger charge is 2.55. The molecule has 2 aliphatic rings. The summed E-state index contributed by atoms with van der Waals surface area (Å²) in [6.07, 6.45) is 2.67. The molecule has 1 saturated carbocycles. The van der Waals surface area contributed by atoms with E-state index in [2.05, 4.69) is 5.32 Å². The van der Waals surface area contributed by atoms with E-state index in [-0.39, 0.29) is 23.9 Å². The number of methoxy groups -OCH3 is 1. The molecule has 0 radical (unpaired) electrons. The lowest BCUT2D eigenvalue weighted by Gasteiger charge is -2.47. The van der Waals surface area contributed by atoms with Gasteiger partial charge in [-0.1, -0.05) is 6.92 Å². The number of carbonyl (C=O) groups is 2. The van der Waals surface area contributed by atoms with Crippen molar-refractivity contribution in [3.8, 4) is 0 Å². The first kappa shape index (κ1) is 14.3. The fraction of sp³-hybridized carbons (Fsp3) is 0.857. The number of nitrogens with zero attached hydrogens (tertiary/aromatic N) is 1. The standard InChI is InChI=1S/C14H24N2O3/c1-5-11-12(17)15-14(3,10-6-7-10)13(18)16(11)9(2)8-19-4/h9-11H,5-8H2,1-4H3,(H,15,17). The second-order valence-electron chi connectivity index (χ2n) is 5.91. The highest BCUT2D eigenvalue weighted by atomic mass is 16.5. The molecule has 0 bridgehead atoms. The topological polar surface area (TPSA) is 58.6 Å². The number of hydrogen-bond donors (Lipinski definition) is 1. The first-order valence-electron chi connectivity index (χ1n) is 7.09. The van der Waals surface area contributed by atoms with Gasteiger partial charge in [0.15, 0.2) is 0 Å². The lowest BCUT2D eigenvalue weighted by atomic mass is 9.88. The van der Waals surface area contributed by atoms with E-state index in [0.29, 0.717) is 18.9 Å². The van der Waals surface area contributed by atoms with Crippen LogP contribution in [0.25, 0.3) is 0 Å². The molecule has 0 aromatic carbocycles. The Morgan fingerprint density at radius 3 is 2.58 bits per heavy atom. The van der Waals surface area contributed by atoms with Crippen molar-refractivity contribution in [1.29, 1.82) is 0 Å². The number of piperazine rings is 1. The molecule has 1 aliphatic heterocycles. The molecule has 2 amide bonds. The third kappa shape index (κ3) is 2.36. The molecule has 108 valence electrons. The molecule has 1 heterocycles. The monoisotopic (exact) mass is 268 g/mol. The number of ether oxygens (including phenoxy) is 1. The highest BCUT2D eigenvalue weighted by molar-refractivity contribution is 6.00. The zero-order valence-electron chi connectivity index (χ0n) is 12.2. The quantitative estimate of drug-likeness (QED) is 0.807. The van der Waals surface area contributed by atoms with E-state index in [1.54, 1.807) is 12.0 Å². The maximum Gasteiger partial charge on any atom is 0.249 e. The molecule has 2 fully saturated rings. The van der Waals surface area contributed by atoms with Crippen molar-refractivity contribution in [2.45, 2.75) is 57.7 Å². The Labute approximate surface area is 114 Å². The van der Waals surface area contributed by atoms with Crippen LogP contribution >= 0.6 is 0 Å². The minimum Gasteiger partial charge on any atom is -0.383 e. The van der Waals surface area contributed by atoms with Crippen molar-refractivity contribution in [3.05, 3.63) is 0 Å². The summed E-state index contributed by atoms with van der Waals surface area (Å²) in [5.41, 5.74) is -0.718. The van der Waals surface area contributed by atoms with Crippen LogP contribution in [0.5, 0.6) is 0 Å². The Morgan fingerprint density at radius 2 is 2.11 bits per heavy atom. The average Bonchev–Trinajstić information content (AvgIpc) is 3.17. The van der Waals surface area contributed by atoms with Crippen LogP contribution in [0, 0.1) is 5.92 Å². The van der Waals surface area contributed by atoms with Crippen LogP contribution in [-0.4, -0.2) is 48.1 Å². The molecule has 0 aromatic rings. The maximum atomic E-state index is 12.8. The molecular weight excluding hydrogens is 244 g/mol. The summed E-state index contributed by atoms with van der Waals surface area (Å²) in [6.45, 7) is 6.19. The fourth-order valence-electron chi connectivity index (χ4n) is 3.08. The number of nitrogens with one attached hydrogen (secondary N) is 1. The molecule has 1 N–H and O–H groups in total. The summed E-state index contributed by atoms with van der Waals surface area (Å²) in [5.74, 6) is 0.310. The van der Waals surface area contributed by atoms with Gasteiger partial charge in [0.1, 0.15) is 11.6 Å². The van der Waals surface area contributed by atoms with Crippen molar-refractivity contribution in [2.75, 3.05) is 13.7 Å². The van der Waals surface area contributed by atoms with Crippen molar-refractivity contribution in [3.63, 3.8) is 0 Å². The SMILES string of the molecule is CCC1C(=O)NC(C)(C2CC2)C(=O)N1C(C)COC. The van der Waals surface area contributed by atoms with E-state index in [1.165, 1.54) is 0 Å². The van der Waals surface area contributed by atoms with E-state index < -0.39 is 5.54 Å². The van der Waals surface area contributed by atoms with Gasteiger partial charge in [0.2, 0.25) is 11.8 Å². The van der Waals surface area contributed by atoms with Gasteiger partial charge in [-0.3, -0.25) is 9.59 Å². The van der Waals surface area contributed by atoms with Crippen molar-refractivity contribution in [2.24, 2.45) is 5.92 Å². The lowest BCUT2D eigenvalue weighted by Crippen LogP contribution is -2.71. The zero-order valence-corrected chi connectivity index (χ0v) is 12.2. The normalized spacial score (nSPS) is 33.3. The highest BCUT2D eigenvalue weighted by Crippen LogP contribution is 2.42. The number of hydrogen-bond acceptors (Lipinski definition) is 3. The third-order valence-corrected chi connectivity index (χ3v) is 4.36. The van der Waals surface area contributed by atoms with Crippen LogP contribution in [-0.2, 0) is 14.3 Å². The van der Waals surface area contributed by atoms with Gasteiger partial charge in [0, 0.05) is 7.11 Å². The Hall–Kier alpha value is -1.10. The zero-order chi connectivity index (χ0) is 14.2. The van der Waals surface area contributed by atoms with Gasteiger partial charge in [0.25, 0.3) is 0 Å². The predicted octanol–water partition coefficient (Wildman–Crippen LogP) is 0.927. The first-order chi connectivity index (χ1) is 8.95. The Bertz CT molecular complexity index is 381. The van der Waals surface area contributed by atoms with Crippen LogP contribution in [0.3, 0.4) is 0 Å². The molecule has 19 heavy (non-hydrogen) atoms. The fourth-order valence-corrected chi connectivity index (χ4v) is 3.08. The van der Waals surface area contributed by atoms with E-state index in [1.807, 2.05) is 20.8 Å². The lowest BCUT2D eigenvalue weighted by molar-refractivity contribution is -0.159. The number of amides is 2. The predicted molar refractivity (Wildman–Crippen MR) is 71.5 cm³/mol. The minimum absolute atomic E-state index is 0.0283. The Balaban J connectivity index is 2.28. The summed E-state index contributed by atoms with van der Waals surface area (Å²) < 4.78 is 5.15. The van der Waals surface area contributed by atoms with Gasteiger partial charge in [-0.25, -0.2) is 0 Å². The summed E-state index contributed by atoms with van der Waals surface area (Å²) in [7, 11) is 1.62. The molecule has 1 aliphatic carbocycles. The van der Waals surface area contributed by atoms with Crippen LogP contribution in [0.1, 0.15) is 40.0 Å². The van der Waals surface area contributed by atoms with Crippen LogP contribution in [0.15, 0.2) is 0 Å². The van der Waals surface area contributed by atoms with Crippen molar-refractivity contribution in [1.82, 2.24) is 10.2 Å². The Kier molecular flexibility index (Phi) is 3.85. The van der Waals surface area contributed by atoms with Gasteiger partial charge in [-0.2, -0.15) is 0 Å². The minimum atomic E-state index is -0.718. The molecule has 5 heteroatoms. The average molecular weight is 268 g/mol. The van der Waals surface area contributed by atoms with Gasteiger partial charge < -0.3 is 15.0 Å². The van der Waals surface area contributed by atoms with Crippen LogP contribution in [0.4, 0.5) is 0 Å². The van der Waals surface area contributed by atoms with Crippen LogP contribution < -0.4 is 5.32 Å². The molecule has 2 rings (SSSR count). The van der Waals surface area contributed by atoms with E-state index in [4.69, 9.17) is 4.74 Å². The first-order valence-corrected chi connectivity index (χ1v) is 7.09. The van der Waals surface area contributed by atoms with E-state index in [9.17, 15) is 9.59 Å². The molecule has 1 saturated heterocycles. The molecule has 0 spiro atoms. The van der Waals surface area contributed by atoms with Gasteiger partial charge in [-0.15, -0.1) is 0 Å². The van der Waals surface area contributed by atoms with Gasteiger partial charge in [-0.05, 0) is 39.0 Å². The number of rotatable bonds is 5. The maximum absolute atomic E-state index is 12.8. The summed E-state index contributed by atoms with van der Waals surface area (Å²) in [4.78, 5) is 26.8. The smallest absolute Gasteiger partial charge is 0.249 e. The van der Waals surface area contributed by atoms with Crippen molar-refractivity contribution < 1.29 is 14.3 Å². The summed E-state index contributed by atoms with van der Waals surface area (Å²) in [5, 5.41) is 2.96. The molecular formula is C14H24N2O3. The summed E-state index contributed by atoms with van der Waals surface area (Å²) >= 11 is 0. The number of carbonyl (C=O) groups excluding carboxylic acids is 2. The van der Waals surface area contributed by atoms with Gasteiger partial charge in [0.05, 0.1) is 12.6 Å². The molecule has 3 unspecified atom stereocenters. The van der Waals surface area contributed by atoms with Gasteiger partial charge >= 0.3 is 0 Å². The van der Waals surface area contributed by atoms with Crippen LogP contribution in [0.2, 0.25) is 0 Å². The Morgan fingerprint density at radius 1 is 1.47 bits per heavy atom. The second-order valence-corrected chi connectivity index (χ2v) is 5.91. The largest absolute Gasteiger partial charge is 0.383 e. The van der Waals surface area contributed by atoms with Crippen molar-refractivity contribution >= 4 is 11.8 Å². The van der Waals surface area contributed by atoms with E-state index in [0.717, 1.165) is 12.8 Å². The third-order valence-electron chi connectivity index (χ3n) is 4.36.